The van der Waals surface area contributed by atoms with Crippen LogP contribution in [-0.2, 0) is 9.47 Å². The molecule has 0 amide bonds. The first-order valence-electron chi connectivity index (χ1n) is 5.88. The summed E-state index contributed by atoms with van der Waals surface area (Å²) in [4.78, 5) is 0. The van der Waals surface area contributed by atoms with Crippen LogP contribution in [0.2, 0.25) is 0 Å². The van der Waals surface area contributed by atoms with Gasteiger partial charge in [0.15, 0.2) is 0 Å². The molecule has 18 heavy (non-hydrogen) atoms. The number of alkyl halides is 1. The van der Waals surface area contributed by atoms with Gasteiger partial charge in [0.05, 0.1) is 22.2 Å². The van der Waals surface area contributed by atoms with E-state index >= 15 is 0 Å². The van der Waals surface area contributed by atoms with Crippen LogP contribution >= 0.6 is 34.2 Å². The van der Waals surface area contributed by atoms with E-state index in [9.17, 15) is 0 Å². The number of benzene rings is 1. The largest absolute Gasteiger partial charge is 0.486 e. The first-order chi connectivity index (χ1) is 8.72. The SMILES string of the molecule is COCCOC1C(Cl)CC1Oc1ccccc1I. The molecule has 3 unspecified atom stereocenters. The molecule has 100 valence electrons. The smallest absolute Gasteiger partial charge is 0.133 e. The summed E-state index contributed by atoms with van der Waals surface area (Å²) in [6.07, 6.45) is 0.822. The molecule has 3 nitrogen and oxygen atoms in total. The zero-order valence-electron chi connectivity index (χ0n) is 10.1. The third-order valence-electron chi connectivity index (χ3n) is 2.89. The summed E-state index contributed by atoms with van der Waals surface area (Å²) in [5, 5.41) is 0.0354. The molecule has 0 aliphatic heterocycles. The second kappa shape index (κ2) is 6.93. The Morgan fingerprint density at radius 3 is 2.78 bits per heavy atom. The summed E-state index contributed by atoms with van der Waals surface area (Å²) in [6, 6.07) is 7.95. The number of hydrogen-bond acceptors (Lipinski definition) is 3. The monoisotopic (exact) mass is 382 g/mol. The Morgan fingerprint density at radius 2 is 2.11 bits per heavy atom. The average molecular weight is 383 g/mol. The van der Waals surface area contributed by atoms with E-state index in [2.05, 4.69) is 22.6 Å². The van der Waals surface area contributed by atoms with Gasteiger partial charge < -0.3 is 14.2 Å². The molecule has 3 atom stereocenters. The molecule has 1 aromatic rings. The first-order valence-corrected chi connectivity index (χ1v) is 7.39. The molecule has 0 heterocycles. The van der Waals surface area contributed by atoms with Crippen molar-refractivity contribution in [3.8, 4) is 5.75 Å². The van der Waals surface area contributed by atoms with Crippen LogP contribution in [0.5, 0.6) is 5.75 Å². The Kier molecular flexibility index (Phi) is 5.54. The Hall–Kier alpha value is -0.0400. The van der Waals surface area contributed by atoms with Crippen molar-refractivity contribution in [2.45, 2.75) is 24.0 Å². The quantitative estimate of drug-likeness (QED) is 0.430. The maximum Gasteiger partial charge on any atom is 0.133 e. The van der Waals surface area contributed by atoms with Crippen LogP contribution < -0.4 is 4.74 Å². The van der Waals surface area contributed by atoms with Gasteiger partial charge in [-0.25, -0.2) is 0 Å². The van der Waals surface area contributed by atoms with Gasteiger partial charge in [-0.1, -0.05) is 12.1 Å². The first kappa shape index (κ1) is 14.4. The van der Waals surface area contributed by atoms with Gasteiger partial charge in [0, 0.05) is 13.5 Å². The van der Waals surface area contributed by atoms with E-state index in [-0.39, 0.29) is 17.6 Å². The van der Waals surface area contributed by atoms with Gasteiger partial charge in [0.2, 0.25) is 0 Å². The summed E-state index contributed by atoms with van der Waals surface area (Å²) in [5.41, 5.74) is 0. The van der Waals surface area contributed by atoms with Gasteiger partial charge in [-0.15, -0.1) is 11.6 Å². The Bertz CT molecular complexity index is 388. The lowest BCUT2D eigenvalue weighted by Gasteiger charge is -2.40. The summed E-state index contributed by atoms with van der Waals surface area (Å²) in [5.74, 6) is 0.895. The van der Waals surface area contributed by atoms with Crippen molar-refractivity contribution >= 4 is 34.2 Å². The Balaban J connectivity index is 1.88. The van der Waals surface area contributed by atoms with E-state index in [4.69, 9.17) is 25.8 Å². The molecule has 0 aromatic heterocycles. The summed E-state index contributed by atoms with van der Waals surface area (Å²) < 4.78 is 17.7. The minimum Gasteiger partial charge on any atom is -0.486 e. The number of para-hydroxylation sites is 1. The summed E-state index contributed by atoms with van der Waals surface area (Å²) in [7, 11) is 1.66. The van der Waals surface area contributed by atoms with Gasteiger partial charge in [-0.05, 0) is 34.7 Å². The van der Waals surface area contributed by atoms with Crippen molar-refractivity contribution in [1.82, 2.24) is 0 Å². The maximum atomic E-state index is 6.15. The lowest BCUT2D eigenvalue weighted by atomic mass is 9.91. The van der Waals surface area contributed by atoms with Crippen LogP contribution in [0.15, 0.2) is 24.3 Å². The molecule has 1 aliphatic carbocycles. The summed E-state index contributed by atoms with van der Waals surface area (Å²) in [6.45, 7) is 1.13. The van der Waals surface area contributed by atoms with Crippen LogP contribution in [0.1, 0.15) is 6.42 Å². The lowest BCUT2D eigenvalue weighted by Crippen LogP contribution is -2.53. The third-order valence-corrected chi connectivity index (χ3v) is 4.21. The van der Waals surface area contributed by atoms with Crippen LogP contribution in [0, 0.1) is 3.57 Å². The predicted octanol–water partition coefficient (Wildman–Crippen LogP) is 3.08. The van der Waals surface area contributed by atoms with Crippen molar-refractivity contribution in [3.05, 3.63) is 27.8 Å². The Labute approximate surface area is 126 Å². The fourth-order valence-corrected chi connectivity index (χ4v) is 2.75. The van der Waals surface area contributed by atoms with Crippen LogP contribution in [0.4, 0.5) is 0 Å². The average Bonchev–Trinajstić information content (AvgIpc) is 2.36. The standard InChI is InChI=1S/C13H16ClIO3/c1-16-6-7-17-13-9(14)8-12(13)18-11-5-3-2-4-10(11)15/h2-5,9,12-13H,6-8H2,1H3. The van der Waals surface area contributed by atoms with Crippen molar-refractivity contribution in [1.29, 1.82) is 0 Å². The molecule has 0 radical (unpaired) electrons. The van der Waals surface area contributed by atoms with Crippen LogP contribution in [0.25, 0.3) is 0 Å². The molecule has 0 saturated heterocycles. The number of ether oxygens (including phenoxy) is 3. The van der Waals surface area contributed by atoms with E-state index < -0.39 is 0 Å². The van der Waals surface area contributed by atoms with Crippen molar-refractivity contribution in [3.63, 3.8) is 0 Å². The fourth-order valence-electron chi connectivity index (χ4n) is 1.83. The van der Waals surface area contributed by atoms with Gasteiger partial charge in [-0.2, -0.15) is 0 Å². The van der Waals surface area contributed by atoms with E-state index in [0.717, 1.165) is 15.7 Å². The van der Waals surface area contributed by atoms with Gasteiger partial charge >= 0.3 is 0 Å². The molecule has 1 fully saturated rings. The highest BCUT2D eigenvalue weighted by Crippen LogP contribution is 2.34. The van der Waals surface area contributed by atoms with E-state index in [1.54, 1.807) is 7.11 Å². The summed E-state index contributed by atoms with van der Waals surface area (Å²) >= 11 is 8.41. The van der Waals surface area contributed by atoms with Gasteiger partial charge in [-0.3, -0.25) is 0 Å². The third kappa shape index (κ3) is 3.50. The molecule has 1 saturated carbocycles. The molecule has 0 bridgehead atoms. The van der Waals surface area contributed by atoms with E-state index in [1.165, 1.54) is 0 Å². The maximum absolute atomic E-state index is 6.15. The zero-order chi connectivity index (χ0) is 13.0. The molecule has 0 N–H and O–H groups in total. The molecule has 5 heteroatoms. The topological polar surface area (TPSA) is 27.7 Å². The highest BCUT2D eigenvalue weighted by molar-refractivity contribution is 14.1. The van der Waals surface area contributed by atoms with Gasteiger partial charge in [0.1, 0.15) is 18.0 Å². The minimum atomic E-state index is -0.0437. The van der Waals surface area contributed by atoms with Crippen molar-refractivity contribution in [2.75, 3.05) is 20.3 Å². The Morgan fingerprint density at radius 1 is 1.33 bits per heavy atom. The molecule has 1 aliphatic rings. The van der Waals surface area contributed by atoms with Crippen molar-refractivity contribution in [2.24, 2.45) is 0 Å². The number of rotatable bonds is 6. The van der Waals surface area contributed by atoms with Crippen molar-refractivity contribution < 1.29 is 14.2 Å². The number of hydrogen-bond donors (Lipinski definition) is 0. The van der Waals surface area contributed by atoms with Crippen LogP contribution in [-0.4, -0.2) is 37.9 Å². The molecular formula is C13H16ClIO3. The molecule has 0 spiro atoms. The van der Waals surface area contributed by atoms with Gasteiger partial charge in [0.25, 0.3) is 0 Å². The number of halogens is 2. The zero-order valence-corrected chi connectivity index (χ0v) is 13.1. The molecule has 2 rings (SSSR count). The predicted molar refractivity (Wildman–Crippen MR) is 79.4 cm³/mol. The lowest BCUT2D eigenvalue weighted by molar-refractivity contribution is -0.0900. The van der Waals surface area contributed by atoms with E-state index in [1.807, 2.05) is 24.3 Å². The molecular weight excluding hydrogens is 366 g/mol. The number of methoxy groups -OCH3 is 1. The highest BCUT2D eigenvalue weighted by atomic mass is 127. The van der Waals surface area contributed by atoms with Crippen LogP contribution in [0.3, 0.4) is 0 Å². The second-order valence-electron chi connectivity index (χ2n) is 4.17. The normalized spacial score (nSPS) is 26.7. The molecule has 1 aromatic carbocycles. The fraction of sp³-hybridized carbons (Fsp3) is 0.538. The highest BCUT2D eigenvalue weighted by Gasteiger charge is 2.42. The van der Waals surface area contributed by atoms with E-state index in [0.29, 0.717) is 13.2 Å². The minimum absolute atomic E-state index is 0.0354. The second-order valence-corrected chi connectivity index (χ2v) is 5.89.